The number of methoxy groups -OCH3 is 1. The van der Waals surface area contributed by atoms with Crippen LogP contribution in [0.25, 0.3) is 22.2 Å². The van der Waals surface area contributed by atoms with E-state index in [4.69, 9.17) is 4.74 Å². The maximum absolute atomic E-state index is 12.2. The number of aromatic hydroxyl groups is 1. The lowest BCUT2D eigenvalue weighted by atomic mass is 10.0. The van der Waals surface area contributed by atoms with Gasteiger partial charge in [-0.3, -0.25) is 4.79 Å². The minimum Gasteiger partial charge on any atom is -0.506 e. The molecule has 7 heteroatoms. The second kappa shape index (κ2) is 4.78. The summed E-state index contributed by atoms with van der Waals surface area (Å²) in [7, 11) is 1.53. The van der Waals surface area contributed by atoms with E-state index < -0.39 is 5.56 Å². The van der Waals surface area contributed by atoms with Gasteiger partial charge in [0.2, 0.25) is 0 Å². The van der Waals surface area contributed by atoms with Crippen molar-refractivity contribution in [2.24, 2.45) is 0 Å². The van der Waals surface area contributed by atoms with Gasteiger partial charge < -0.3 is 15.1 Å². The molecule has 0 fully saturated rings. The van der Waals surface area contributed by atoms with E-state index in [0.29, 0.717) is 16.0 Å². The average Bonchev–Trinajstić information content (AvgIpc) is 2.53. The van der Waals surface area contributed by atoms with Gasteiger partial charge in [0.15, 0.2) is 5.65 Å². The fraction of sp³-hybridized carbons (Fsp3) is 0.0714. The third kappa shape index (κ3) is 1.95. The zero-order valence-electron chi connectivity index (χ0n) is 11.0. The van der Waals surface area contributed by atoms with Crippen molar-refractivity contribution in [3.8, 4) is 22.6 Å². The number of fused-ring (bicyclic) bond motifs is 1. The molecule has 0 aliphatic rings. The first-order valence-corrected chi connectivity index (χ1v) is 6.05. The van der Waals surface area contributed by atoms with Crippen LogP contribution in [0.15, 0.2) is 41.6 Å². The first-order valence-electron chi connectivity index (χ1n) is 6.05. The van der Waals surface area contributed by atoms with E-state index >= 15 is 0 Å². The summed E-state index contributed by atoms with van der Waals surface area (Å²) in [5, 5.41) is 20.4. The lowest BCUT2D eigenvalue weighted by molar-refractivity contribution is 0.186. The van der Waals surface area contributed by atoms with Crippen molar-refractivity contribution in [2.45, 2.75) is 0 Å². The smallest absolute Gasteiger partial charge is 0.296 e. The molecule has 2 aromatic heterocycles. The first kappa shape index (κ1) is 12.9. The van der Waals surface area contributed by atoms with Crippen LogP contribution in [0.5, 0.6) is 11.5 Å². The van der Waals surface area contributed by atoms with Gasteiger partial charge in [-0.25, -0.2) is 9.97 Å². The van der Waals surface area contributed by atoms with E-state index in [0.717, 1.165) is 0 Å². The Bertz CT molecular complexity index is 872. The zero-order valence-corrected chi connectivity index (χ0v) is 11.0. The molecule has 7 nitrogen and oxygen atoms in total. The van der Waals surface area contributed by atoms with Crippen LogP contribution in [0, 0.1) is 0 Å². The molecule has 2 N–H and O–H groups in total. The molecule has 3 rings (SSSR count). The number of ether oxygens (including phenoxy) is 1. The summed E-state index contributed by atoms with van der Waals surface area (Å²) in [4.78, 5) is 19.8. The van der Waals surface area contributed by atoms with Crippen LogP contribution in [0.4, 0.5) is 0 Å². The number of hydrogen-bond acceptors (Lipinski definition) is 6. The molecule has 0 aliphatic heterocycles. The number of rotatable bonds is 2. The molecule has 0 spiro atoms. The third-order valence-electron chi connectivity index (χ3n) is 3.17. The largest absolute Gasteiger partial charge is 0.506 e. The van der Waals surface area contributed by atoms with Crippen LogP contribution in [0.3, 0.4) is 0 Å². The van der Waals surface area contributed by atoms with Crippen molar-refractivity contribution in [1.82, 2.24) is 14.7 Å². The highest BCUT2D eigenvalue weighted by atomic mass is 16.5. The Hall–Kier alpha value is -3.09. The molecule has 0 atom stereocenters. The number of aromatic nitrogens is 3. The minimum atomic E-state index is -0.760. The molecule has 0 aliphatic carbocycles. The topological polar surface area (TPSA) is 97.5 Å². The predicted octanol–water partition coefficient (Wildman–Crippen LogP) is 1.41. The van der Waals surface area contributed by atoms with Crippen molar-refractivity contribution in [3.05, 3.63) is 47.1 Å². The molecule has 0 unspecified atom stereocenters. The third-order valence-corrected chi connectivity index (χ3v) is 3.17. The average molecular weight is 285 g/mol. The van der Waals surface area contributed by atoms with E-state index in [1.807, 2.05) is 0 Å². The van der Waals surface area contributed by atoms with Crippen molar-refractivity contribution >= 4 is 11.0 Å². The maximum Gasteiger partial charge on any atom is 0.296 e. The lowest BCUT2D eigenvalue weighted by Crippen LogP contribution is -2.21. The molecule has 0 radical (unpaired) electrons. The van der Waals surface area contributed by atoms with Crippen molar-refractivity contribution in [2.75, 3.05) is 7.11 Å². The van der Waals surface area contributed by atoms with Gasteiger partial charge in [0.1, 0.15) is 17.8 Å². The standard InChI is InChI=1S/C14H11N3O4/c1-21-9-4-2-8(3-5-9)11-12(18)10-6-15-7-16-13(10)17(20)14(11)19/h2-7,18,20H,1H3. The molecule has 0 saturated heterocycles. The molecule has 2 heterocycles. The summed E-state index contributed by atoms with van der Waals surface area (Å²) < 4.78 is 5.44. The molecular weight excluding hydrogens is 274 g/mol. The van der Waals surface area contributed by atoms with Gasteiger partial charge in [-0.05, 0) is 17.7 Å². The Morgan fingerprint density at radius 1 is 1.24 bits per heavy atom. The second-order valence-electron chi connectivity index (χ2n) is 4.33. The highest BCUT2D eigenvalue weighted by molar-refractivity contribution is 5.89. The lowest BCUT2D eigenvalue weighted by Gasteiger charge is -2.09. The van der Waals surface area contributed by atoms with Crippen LogP contribution in [0.1, 0.15) is 0 Å². The molecular formula is C14H11N3O4. The number of nitrogens with zero attached hydrogens (tertiary/aromatic N) is 3. The summed E-state index contributed by atoms with van der Waals surface area (Å²) in [6.07, 6.45) is 2.51. The van der Waals surface area contributed by atoms with Gasteiger partial charge in [-0.2, -0.15) is 0 Å². The fourth-order valence-corrected chi connectivity index (χ4v) is 2.11. The SMILES string of the molecule is COc1ccc(-c2c(O)c3cncnc3n(O)c2=O)cc1. The minimum absolute atomic E-state index is 0.0255. The van der Waals surface area contributed by atoms with Crippen molar-refractivity contribution in [3.63, 3.8) is 0 Å². The predicted molar refractivity (Wildman–Crippen MR) is 74.6 cm³/mol. The summed E-state index contributed by atoms with van der Waals surface area (Å²) in [6.45, 7) is 0. The molecule has 0 bridgehead atoms. The van der Waals surface area contributed by atoms with E-state index in [-0.39, 0.29) is 22.3 Å². The van der Waals surface area contributed by atoms with Gasteiger partial charge in [-0.1, -0.05) is 12.1 Å². The molecule has 106 valence electrons. The Kier molecular flexibility index (Phi) is 2.94. The summed E-state index contributed by atoms with van der Waals surface area (Å²) in [5.74, 6) is 0.345. The van der Waals surface area contributed by atoms with E-state index in [1.54, 1.807) is 24.3 Å². The van der Waals surface area contributed by atoms with Crippen LogP contribution < -0.4 is 10.3 Å². The van der Waals surface area contributed by atoms with Gasteiger partial charge in [0.05, 0.1) is 18.1 Å². The monoisotopic (exact) mass is 285 g/mol. The van der Waals surface area contributed by atoms with Crippen LogP contribution >= 0.6 is 0 Å². The molecule has 0 saturated carbocycles. The zero-order chi connectivity index (χ0) is 15.0. The molecule has 21 heavy (non-hydrogen) atoms. The Labute approximate surface area is 118 Å². The number of pyridine rings is 1. The summed E-state index contributed by atoms with van der Waals surface area (Å²) in [5.41, 5.74) is -0.386. The quantitative estimate of drug-likeness (QED) is 0.691. The Morgan fingerprint density at radius 2 is 1.95 bits per heavy atom. The van der Waals surface area contributed by atoms with E-state index in [1.165, 1.54) is 19.6 Å². The van der Waals surface area contributed by atoms with Crippen LogP contribution in [-0.4, -0.2) is 32.1 Å². The van der Waals surface area contributed by atoms with Crippen LogP contribution in [0.2, 0.25) is 0 Å². The Balaban J connectivity index is 2.34. The Morgan fingerprint density at radius 3 is 2.62 bits per heavy atom. The maximum atomic E-state index is 12.2. The van der Waals surface area contributed by atoms with Crippen LogP contribution in [-0.2, 0) is 0 Å². The van der Waals surface area contributed by atoms with Gasteiger partial charge in [-0.15, -0.1) is 4.73 Å². The van der Waals surface area contributed by atoms with Gasteiger partial charge in [0, 0.05) is 6.20 Å². The van der Waals surface area contributed by atoms with Crippen molar-refractivity contribution in [1.29, 1.82) is 0 Å². The first-order chi connectivity index (χ1) is 10.1. The van der Waals surface area contributed by atoms with Crippen molar-refractivity contribution < 1.29 is 15.1 Å². The van der Waals surface area contributed by atoms with E-state index in [9.17, 15) is 15.1 Å². The summed E-state index contributed by atoms with van der Waals surface area (Å²) >= 11 is 0. The molecule has 0 amide bonds. The van der Waals surface area contributed by atoms with E-state index in [2.05, 4.69) is 9.97 Å². The number of benzene rings is 1. The highest BCUT2D eigenvalue weighted by Crippen LogP contribution is 2.32. The normalized spacial score (nSPS) is 10.7. The second-order valence-corrected chi connectivity index (χ2v) is 4.33. The van der Waals surface area contributed by atoms with Gasteiger partial charge >= 0.3 is 0 Å². The number of hydrogen-bond donors (Lipinski definition) is 2. The fourth-order valence-electron chi connectivity index (χ4n) is 2.11. The molecule has 3 aromatic rings. The highest BCUT2D eigenvalue weighted by Gasteiger charge is 2.18. The molecule has 1 aromatic carbocycles. The summed E-state index contributed by atoms with van der Waals surface area (Å²) in [6, 6.07) is 6.54. The van der Waals surface area contributed by atoms with Gasteiger partial charge in [0.25, 0.3) is 5.56 Å².